The van der Waals surface area contributed by atoms with Crippen molar-refractivity contribution in [1.29, 1.82) is 0 Å². The van der Waals surface area contributed by atoms with Gasteiger partial charge in [-0.25, -0.2) is 4.98 Å². The van der Waals surface area contributed by atoms with E-state index in [2.05, 4.69) is 10.3 Å². The fourth-order valence-corrected chi connectivity index (χ4v) is 4.35. The number of nitrogens with zero attached hydrogens (tertiary/aromatic N) is 3. The second kappa shape index (κ2) is 10.2. The second-order valence-electron chi connectivity index (χ2n) is 8.26. The van der Waals surface area contributed by atoms with Crippen molar-refractivity contribution >= 4 is 34.9 Å². The topological polar surface area (TPSA) is 74.8 Å². The van der Waals surface area contributed by atoms with Gasteiger partial charge in [-0.15, -0.1) is 0 Å². The molecule has 1 aromatic heterocycles. The first-order chi connectivity index (χ1) is 16.2. The molecule has 2 fully saturated rings. The Morgan fingerprint density at radius 2 is 1.71 bits per heavy atom. The number of halogens is 4. The van der Waals surface area contributed by atoms with Crippen LogP contribution >= 0.6 is 11.6 Å². The highest BCUT2D eigenvalue weighted by atomic mass is 35.5. The van der Waals surface area contributed by atoms with Gasteiger partial charge < -0.3 is 19.9 Å². The number of hydrogen-bond acceptors (Lipinski definition) is 5. The number of ether oxygens (including phenoxy) is 1. The Hall–Kier alpha value is -2.85. The SMILES string of the molecule is O=C(Nc1ccc(C(=O)N2CCOCC2)cc1)C1CCN(c2ncc(C(F)(F)F)cc2Cl)CC1. The van der Waals surface area contributed by atoms with E-state index in [4.69, 9.17) is 16.3 Å². The van der Waals surface area contributed by atoms with Crippen LogP contribution in [-0.4, -0.2) is 61.1 Å². The van der Waals surface area contributed by atoms with Crippen molar-refractivity contribution < 1.29 is 27.5 Å². The molecule has 2 aliphatic rings. The summed E-state index contributed by atoms with van der Waals surface area (Å²) in [6, 6.07) is 7.65. The van der Waals surface area contributed by atoms with E-state index < -0.39 is 11.7 Å². The van der Waals surface area contributed by atoms with Crippen LogP contribution in [0.4, 0.5) is 24.7 Å². The molecule has 3 heterocycles. The zero-order chi connectivity index (χ0) is 24.3. The van der Waals surface area contributed by atoms with E-state index in [1.54, 1.807) is 34.1 Å². The fourth-order valence-electron chi connectivity index (χ4n) is 4.06. The molecule has 0 spiro atoms. The maximum absolute atomic E-state index is 12.8. The van der Waals surface area contributed by atoms with E-state index in [9.17, 15) is 22.8 Å². The summed E-state index contributed by atoms with van der Waals surface area (Å²) < 4.78 is 43.7. The van der Waals surface area contributed by atoms with Gasteiger partial charge in [0.2, 0.25) is 5.91 Å². The number of benzene rings is 1. The number of anilines is 2. The number of hydrogen-bond donors (Lipinski definition) is 1. The van der Waals surface area contributed by atoms with Crippen LogP contribution in [0, 0.1) is 5.92 Å². The molecular weight excluding hydrogens is 473 g/mol. The van der Waals surface area contributed by atoms with E-state index in [0.29, 0.717) is 63.5 Å². The molecule has 0 saturated carbocycles. The lowest BCUT2D eigenvalue weighted by Crippen LogP contribution is -2.40. The summed E-state index contributed by atoms with van der Waals surface area (Å²) in [6.45, 7) is 3.07. The molecule has 4 rings (SSSR count). The standard InChI is InChI=1S/C23H24ClF3N4O3/c24-19-13-17(23(25,26)27)14-28-20(19)30-7-5-15(6-8-30)21(32)29-18-3-1-16(2-4-18)22(33)31-9-11-34-12-10-31/h1-4,13-15H,5-12H2,(H,29,32). The number of nitrogens with one attached hydrogen (secondary N) is 1. The number of morpholine rings is 1. The van der Waals surface area contributed by atoms with Gasteiger partial charge in [-0.3, -0.25) is 9.59 Å². The summed E-state index contributed by atoms with van der Waals surface area (Å²) in [5.41, 5.74) is 0.251. The van der Waals surface area contributed by atoms with Crippen molar-refractivity contribution in [1.82, 2.24) is 9.88 Å². The molecular formula is C23H24ClF3N4O3. The van der Waals surface area contributed by atoms with Crippen LogP contribution in [-0.2, 0) is 15.7 Å². The van der Waals surface area contributed by atoms with Crippen LogP contribution in [0.25, 0.3) is 0 Å². The minimum Gasteiger partial charge on any atom is -0.378 e. The number of alkyl halides is 3. The molecule has 11 heteroatoms. The summed E-state index contributed by atoms with van der Waals surface area (Å²) in [5, 5.41) is 2.81. The predicted octanol–water partition coefficient (Wildman–Crippen LogP) is 4.08. The van der Waals surface area contributed by atoms with E-state index >= 15 is 0 Å². The van der Waals surface area contributed by atoms with Gasteiger partial charge in [0.05, 0.1) is 23.8 Å². The van der Waals surface area contributed by atoms with Crippen LogP contribution in [0.1, 0.15) is 28.8 Å². The number of aromatic nitrogens is 1. The van der Waals surface area contributed by atoms with Gasteiger partial charge in [0.15, 0.2) is 0 Å². The van der Waals surface area contributed by atoms with Crippen LogP contribution in [0.15, 0.2) is 36.5 Å². The van der Waals surface area contributed by atoms with Crippen molar-refractivity contribution in [2.75, 3.05) is 49.6 Å². The summed E-state index contributed by atoms with van der Waals surface area (Å²) in [6.07, 6.45) is -2.71. The van der Waals surface area contributed by atoms with Crippen molar-refractivity contribution in [2.24, 2.45) is 5.92 Å². The minimum absolute atomic E-state index is 0.0653. The van der Waals surface area contributed by atoms with Crippen LogP contribution in [0.2, 0.25) is 5.02 Å². The number of pyridine rings is 1. The first-order valence-electron chi connectivity index (χ1n) is 11.0. The summed E-state index contributed by atoms with van der Waals surface area (Å²) in [5.74, 6) is -0.171. The maximum atomic E-state index is 12.8. The Labute approximate surface area is 199 Å². The Morgan fingerprint density at radius 3 is 2.29 bits per heavy atom. The molecule has 1 N–H and O–H groups in total. The quantitative estimate of drug-likeness (QED) is 0.690. The zero-order valence-electron chi connectivity index (χ0n) is 18.3. The maximum Gasteiger partial charge on any atom is 0.417 e. The molecule has 34 heavy (non-hydrogen) atoms. The molecule has 2 saturated heterocycles. The van der Waals surface area contributed by atoms with Gasteiger partial charge in [-0.1, -0.05) is 11.6 Å². The smallest absolute Gasteiger partial charge is 0.378 e. The van der Waals surface area contributed by atoms with Gasteiger partial charge in [-0.2, -0.15) is 13.2 Å². The summed E-state index contributed by atoms with van der Waals surface area (Å²) in [4.78, 5) is 32.7. The van der Waals surface area contributed by atoms with E-state index in [-0.39, 0.29) is 28.6 Å². The van der Waals surface area contributed by atoms with Gasteiger partial charge >= 0.3 is 6.18 Å². The average molecular weight is 497 g/mol. The van der Waals surface area contributed by atoms with E-state index in [1.165, 1.54) is 0 Å². The van der Waals surface area contributed by atoms with Crippen molar-refractivity contribution in [2.45, 2.75) is 19.0 Å². The number of carbonyl (C=O) groups excluding carboxylic acids is 2. The highest BCUT2D eigenvalue weighted by Gasteiger charge is 2.33. The van der Waals surface area contributed by atoms with Crippen molar-refractivity contribution in [3.63, 3.8) is 0 Å². The predicted molar refractivity (Wildman–Crippen MR) is 121 cm³/mol. The first-order valence-corrected chi connectivity index (χ1v) is 11.4. The molecule has 1 aromatic carbocycles. The second-order valence-corrected chi connectivity index (χ2v) is 8.67. The molecule has 0 unspecified atom stereocenters. The Morgan fingerprint density at radius 1 is 1.06 bits per heavy atom. The molecule has 0 radical (unpaired) electrons. The Kier molecular flexibility index (Phi) is 7.27. The van der Waals surface area contributed by atoms with Crippen LogP contribution < -0.4 is 10.2 Å². The number of amides is 2. The third-order valence-electron chi connectivity index (χ3n) is 6.01. The van der Waals surface area contributed by atoms with Gasteiger partial charge in [0.25, 0.3) is 5.91 Å². The number of piperidine rings is 1. The molecule has 7 nitrogen and oxygen atoms in total. The molecule has 2 aliphatic heterocycles. The monoisotopic (exact) mass is 496 g/mol. The largest absolute Gasteiger partial charge is 0.417 e. The molecule has 0 bridgehead atoms. The van der Waals surface area contributed by atoms with Crippen LogP contribution in [0.3, 0.4) is 0 Å². The van der Waals surface area contributed by atoms with Crippen LogP contribution in [0.5, 0.6) is 0 Å². The lowest BCUT2D eigenvalue weighted by atomic mass is 9.95. The lowest BCUT2D eigenvalue weighted by molar-refractivity contribution is -0.137. The first kappa shape index (κ1) is 24.3. The molecule has 0 aliphatic carbocycles. The normalized spacial score (nSPS) is 17.5. The highest BCUT2D eigenvalue weighted by Crippen LogP contribution is 2.34. The molecule has 2 aromatic rings. The lowest BCUT2D eigenvalue weighted by Gasteiger charge is -2.32. The third kappa shape index (κ3) is 5.61. The van der Waals surface area contributed by atoms with E-state index in [0.717, 1.165) is 12.3 Å². The molecule has 0 atom stereocenters. The fraction of sp³-hybridized carbons (Fsp3) is 0.435. The Balaban J connectivity index is 1.30. The minimum atomic E-state index is -4.51. The summed E-state index contributed by atoms with van der Waals surface area (Å²) >= 11 is 6.04. The molecule has 2 amide bonds. The van der Waals surface area contributed by atoms with Crippen molar-refractivity contribution in [3.8, 4) is 0 Å². The highest BCUT2D eigenvalue weighted by molar-refractivity contribution is 6.33. The van der Waals surface area contributed by atoms with Crippen molar-refractivity contribution in [3.05, 3.63) is 52.7 Å². The number of rotatable bonds is 4. The average Bonchev–Trinajstić information content (AvgIpc) is 2.84. The van der Waals surface area contributed by atoms with E-state index in [1.807, 2.05) is 0 Å². The van der Waals surface area contributed by atoms with Gasteiger partial charge in [-0.05, 0) is 43.2 Å². The third-order valence-corrected chi connectivity index (χ3v) is 6.29. The number of carbonyl (C=O) groups is 2. The van der Waals surface area contributed by atoms with Gasteiger partial charge in [0, 0.05) is 49.5 Å². The zero-order valence-corrected chi connectivity index (χ0v) is 19.0. The Bertz CT molecular complexity index is 1030. The van der Waals surface area contributed by atoms with Gasteiger partial charge in [0.1, 0.15) is 5.82 Å². The summed E-state index contributed by atoms with van der Waals surface area (Å²) in [7, 11) is 0. The molecule has 182 valence electrons.